The van der Waals surface area contributed by atoms with E-state index in [-0.39, 0.29) is 16.8 Å². The zero-order valence-electron chi connectivity index (χ0n) is 12.9. The third-order valence-corrected chi connectivity index (χ3v) is 3.56. The monoisotopic (exact) mass is 341 g/mol. The standard InChI is InChI=1S/C17H15N3O3S/c1-2-15(22)20-17(24)18-10-7-8-11(13(21)9-10)16-19-12-5-3-4-6-14(12)23-16/h3-9,21H,2H2,1H3,(H2,18,20,22,24). The van der Waals surface area contributed by atoms with Crippen LogP contribution in [0, 0.1) is 0 Å². The number of carbonyl (C=O) groups excluding carboxylic acids is 1. The molecule has 3 N–H and O–H groups in total. The third kappa shape index (κ3) is 3.36. The summed E-state index contributed by atoms with van der Waals surface area (Å²) in [5.74, 6) is 0.151. The van der Waals surface area contributed by atoms with Crippen LogP contribution in [0.25, 0.3) is 22.6 Å². The van der Waals surface area contributed by atoms with Gasteiger partial charge in [0.15, 0.2) is 10.7 Å². The zero-order valence-corrected chi connectivity index (χ0v) is 13.7. The number of oxazole rings is 1. The fraction of sp³-hybridized carbons (Fsp3) is 0.118. The number of aromatic hydroxyl groups is 1. The van der Waals surface area contributed by atoms with Gasteiger partial charge in [0.25, 0.3) is 0 Å². The maximum atomic E-state index is 11.3. The number of aromatic nitrogens is 1. The first-order chi connectivity index (χ1) is 11.6. The molecule has 122 valence electrons. The SMILES string of the molecule is CCC(=O)NC(=S)Nc1ccc(-c2nc3ccccc3o2)c(O)c1. The Hall–Kier alpha value is -2.93. The highest BCUT2D eigenvalue weighted by Gasteiger charge is 2.13. The second kappa shape index (κ2) is 6.67. The molecule has 6 nitrogen and oxygen atoms in total. The maximum Gasteiger partial charge on any atom is 0.231 e. The van der Waals surface area contributed by atoms with Gasteiger partial charge >= 0.3 is 0 Å². The molecule has 3 aromatic rings. The van der Waals surface area contributed by atoms with Crippen molar-refractivity contribution in [2.45, 2.75) is 13.3 Å². The lowest BCUT2D eigenvalue weighted by atomic mass is 10.2. The molecule has 0 saturated carbocycles. The summed E-state index contributed by atoms with van der Waals surface area (Å²) in [7, 11) is 0. The number of nitrogens with zero attached hydrogens (tertiary/aromatic N) is 1. The molecule has 0 aliphatic heterocycles. The van der Waals surface area contributed by atoms with Crippen LogP contribution >= 0.6 is 12.2 Å². The molecule has 0 bridgehead atoms. The minimum absolute atomic E-state index is 0.00354. The highest BCUT2D eigenvalue weighted by molar-refractivity contribution is 7.80. The van der Waals surface area contributed by atoms with Gasteiger partial charge < -0.3 is 20.2 Å². The molecule has 24 heavy (non-hydrogen) atoms. The number of nitrogens with one attached hydrogen (secondary N) is 2. The molecule has 0 radical (unpaired) electrons. The molecule has 0 atom stereocenters. The van der Waals surface area contributed by atoms with Crippen LogP contribution in [0.1, 0.15) is 13.3 Å². The van der Waals surface area contributed by atoms with Crippen molar-refractivity contribution < 1.29 is 14.3 Å². The van der Waals surface area contributed by atoms with Crippen molar-refractivity contribution in [3.8, 4) is 17.2 Å². The number of fused-ring (bicyclic) bond motifs is 1. The van der Waals surface area contributed by atoms with Gasteiger partial charge in [0.05, 0.1) is 5.56 Å². The van der Waals surface area contributed by atoms with E-state index in [2.05, 4.69) is 15.6 Å². The van der Waals surface area contributed by atoms with E-state index >= 15 is 0 Å². The number of amides is 1. The molecule has 0 aliphatic rings. The van der Waals surface area contributed by atoms with Crippen molar-refractivity contribution in [1.82, 2.24) is 10.3 Å². The Kier molecular flexibility index (Phi) is 4.43. The van der Waals surface area contributed by atoms with Gasteiger partial charge in [-0.1, -0.05) is 19.1 Å². The number of anilines is 1. The van der Waals surface area contributed by atoms with Crippen molar-refractivity contribution in [2.75, 3.05) is 5.32 Å². The molecular weight excluding hydrogens is 326 g/mol. The Morgan fingerprint density at radius 2 is 2.08 bits per heavy atom. The first-order valence-electron chi connectivity index (χ1n) is 7.36. The highest BCUT2D eigenvalue weighted by Crippen LogP contribution is 2.32. The second-order valence-corrected chi connectivity index (χ2v) is 5.48. The van der Waals surface area contributed by atoms with Gasteiger partial charge in [-0.2, -0.15) is 0 Å². The lowest BCUT2D eigenvalue weighted by Crippen LogP contribution is -2.33. The molecule has 1 aromatic heterocycles. The number of hydrogen-bond donors (Lipinski definition) is 3. The number of hydrogen-bond acceptors (Lipinski definition) is 5. The van der Waals surface area contributed by atoms with E-state index in [0.29, 0.717) is 29.1 Å². The minimum atomic E-state index is -0.181. The molecule has 1 amide bonds. The lowest BCUT2D eigenvalue weighted by molar-refractivity contribution is -0.119. The predicted molar refractivity (Wildman–Crippen MR) is 95.8 cm³/mol. The van der Waals surface area contributed by atoms with E-state index in [0.717, 1.165) is 5.52 Å². The van der Waals surface area contributed by atoms with E-state index in [1.54, 1.807) is 19.1 Å². The van der Waals surface area contributed by atoms with E-state index in [4.69, 9.17) is 16.6 Å². The number of para-hydroxylation sites is 2. The number of carbonyl (C=O) groups is 1. The first kappa shape index (κ1) is 15.9. The van der Waals surface area contributed by atoms with Crippen LogP contribution in [0.5, 0.6) is 5.75 Å². The highest BCUT2D eigenvalue weighted by atomic mass is 32.1. The van der Waals surface area contributed by atoms with Crippen molar-refractivity contribution in [3.63, 3.8) is 0 Å². The van der Waals surface area contributed by atoms with Crippen LogP contribution in [-0.2, 0) is 4.79 Å². The number of phenols is 1. The van der Waals surface area contributed by atoms with Crippen LogP contribution in [0.15, 0.2) is 46.9 Å². The van der Waals surface area contributed by atoms with Crippen molar-refractivity contribution >= 4 is 40.0 Å². The van der Waals surface area contributed by atoms with Crippen molar-refractivity contribution in [2.24, 2.45) is 0 Å². The van der Waals surface area contributed by atoms with Gasteiger partial charge in [-0.25, -0.2) is 4.98 Å². The molecule has 2 aromatic carbocycles. The van der Waals surface area contributed by atoms with Crippen LogP contribution in [-0.4, -0.2) is 21.1 Å². The van der Waals surface area contributed by atoms with E-state index in [1.807, 2.05) is 24.3 Å². The number of phenolic OH excluding ortho intramolecular Hbond substituents is 1. The summed E-state index contributed by atoms with van der Waals surface area (Å²) in [4.78, 5) is 15.7. The Labute approximate surface area is 143 Å². The van der Waals surface area contributed by atoms with Gasteiger partial charge in [-0.05, 0) is 36.5 Å². The predicted octanol–water partition coefficient (Wildman–Crippen LogP) is 3.42. The lowest BCUT2D eigenvalue weighted by Gasteiger charge is -2.10. The summed E-state index contributed by atoms with van der Waals surface area (Å²) in [6.45, 7) is 1.74. The summed E-state index contributed by atoms with van der Waals surface area (Å²) in [6, 6.07) is 12.3. The molecular formula is C17H15N3O3S. The van der Waals surface area contributed by atoms with Gasteiger partial charge in [0.2, 0.25) is 11.8 Å². The van der Waals surface area contributed by atoms with E-state index in [9.17, 15) is 9.90 Å². The quantitative estimate of drug-likeness (QED) is 0.633. The summed E-state index contributed by atoms with van der Waals surface area (Å²) >= 11 is 5.04. The van der Waals surface area contributed by atoms with E-state index < -0.39 is 0 Å². The largest absolute Gasteiger partial charge is 0.507 e. The van der Waals surface area contributed by atoms with Crippen LogP contribution in [0.2, 0.25) is 0 Å². The summed E-state index contributed by atoms with van der Waals surface area (Å²) in [5, 5.41) is 15.8. The molecule has 0 spiro atoms. The third-order valence-electron chi connectivity index (χ3n) is 3.35. The van der Waals surface area contributed by atoms with Crippen LogP contribution in [0.3, 0.4) is 0 Å². The molecule has 0 aliphatic carbocycles. The van der Waals surface area contributed by atoms with Gasteiger partial charge in [-0.3, -0.25) is 4.79 Å². The normalized spacial score (nSPS) is 10.5. The van der Waals surface area contributed by atoms with Crippen LogP contribution in [0.4, 0.5) is 5.69 Å². The Morgan fingerprint density at radius 1 is 1.29 bits per heavy atom. The van der Waals surface area contributed by atoms with E-state index in [1.165, 1.54) is 6.07 Å². The van der Waals surface area contributed by atoms with Gasteiger partial charge in [-0.15, -0.1) is 0 Å². The van der Waals surface area contributed by atoms with Gasteiger partial charge in [0.1, 0.15) is 11.3 Å². The number of thiocarbonyl (C=S) groups is 1. The summed E-state index contributed by atoms with van der Waals surface area (Å²) in [6.07, 6.45) is 0.337. The summed E-state index contributed by atoms with van der Waals surface area (Å²) < 4.78 is 5.65. The number of rotatable bonds is 3. The topological polar surface area (TPSA) is 87.4 Å². The molecule has 0 fully saturated rings. The molecule has 7 heteroatoms. The zero-order chi connectivity index (χ0) is 17.1. The molecule has 0 saturated heterocycles. The summed E-state index contributed by atoms with van der Waals surface area (Å²) in [5.41, 5.74) is 2.39. The maximum absolute atomic E-state index is 11.3. The van der Waals surface area contributed by atoms with Crippen LogP contribution < -0.4 is 10.6 Å². The first-order valence-corrected chi connectivity index (χ1v) is 7.77. The smallest absolute Gasteiger partial charge is 0.231 e. The number of benzene rings is 2. The minimum Gasteiger partial charge on any atom is -0.507 e. The average molecular weight is 341 g/mol. The fourth-order valence-electron chi connectivity index (χ4n) is 2.16. The second-order valence-electron chi connectivity index (χ2n) is 5.07. The van der Waals surface area contributed by atoms with Crippen molar-refractivity contribution in [1.29, 1.82) is 0 Å². The fourth-order valence-corrected chi connectivity index (χ4v) is 2.39. The Bertz CT molecular complexity index is 887. The molecule has 0 unspecified atom stereocenters. The Balaban J connectivity index is 1.82. The molecule has 1 heterocycles. The molecule has 3 rings (SSSR count). The van der Waals surface area contributed by atoms with Crippen molar-refractivity contribution in [3.05, 3.63) is 42.5 Å². The average Bonchev–Trinajstić information content (AvgIpc) is 2.98. The van der Waals surface area contributed by atoms with Gasteiger partial charge in [0, 0.05) is 18.2 Å². The Morgan fingerprint density at radius 3 is 2.79 bits per heavy atom.